The molecule has 1 aromatic heterocycles. The summed E-state index contributed by atoms with van der Waals surface area (Å²) < 4.78 is 2.08. The fourth-order valence-corrected chi connectivity index (χ4v) is 1.67. The van der Waals surface area contributed by atoms with Gasteiger partial charge in [0.1, 0.15) is 0 Å². The Balaban J connectivity index is 2.18. The Labute approximate surface area is 81.8 Å². The second kappa shape index (κ2) is 2.77. The van der Waals surface area contributed by atoms with Gasteiger partial charge in [-0.15, -0.1) is 0 Å². The van der Waals surface area contributed by atoms with E-state index in [0.717, 1.165) is 0 Å². The second-order valence-corrected chi connectivity index (χ2v) is 3.30. The van der Waals surface area contributed by atoms with Crippen molar-refractivity contribution in [2.75, 3.05) is 0 Å². The summed E-state index contributed by atoms with van der Waals surface area (Å²) in [5.74, 6) is 0. The Morgan fingerprint density at radius 3 is 2.29 bits per heavy atom. The normalized spacial score (nSPS) is 10.9. The summed E-state index contributed by atoms with van der Waals surface area (Å²) in [5.41, 5.74) is 3.60. The number of rotatable bonds is 1. The molecule has 14 heavy (non-hydrogen) atoms. The number of hydrogen-bond donors (Lipinski definition) is 1. The topological polar surface area (TPSA) is 20.7 Å². The maximum Gasteiger partial charge on any atom is 0.0880 e. The number of H-pyrrole nitrogens is 1. The average Bonchev–Trinajstić information content (AvgIpc) is 2.22. The molecule has 3 aromatic rings. The van der Waals surface area contributed by atoms with Crippen molar-refractivity contribution in [1.29, 1.82) is 0 Å². The van der Waals surface area contributed by atoms with Crippen LogP contribution in [0.5, 0.6) is 0 Å². The molecule has 0 radical (unpaired) electrons. The number of nitrogens with zero attached hydrogens (tertiary/aromatic N) is 1. The first kappa shape index (κ1) is 7.44. The highest BCUT2D eigenvalue weighted by molar-refractivity contribution is 5.79. The molecular weight excluding hydrogens is 172 g/mol. The molecule has 0 unspecified atom stereocenters. The van der Waals surface area contributed by atoms with Gasteiger partial charge < -0.3 is 0 Å². The zero-order valence-corrected chi connectivity index (χ0v) is 7.64. The predicted molar refractivity (Wildman–Crippen MR) is 57.6 cm³/mol. The molecule has 0 saturated heterocycles. The lowest BCUT2D eigenvalue weighted by Crippen LogP contribution is -2.07. The second-order valence-electron chi connectivity index (χ2n) is 3.30. The predicted octanol–water partition coefficient (Wildman–Crippen LogP) is 2.96. The van der Waals surface area contributed by atoms with E-state index in [1.165, 1.54) is 16.7 Å². The first-order chi connectivity index (χ1) is 6.95. The molecule has 0 spiro atoms. The van der Waals surface area contributed by atoms with Crippen molar-refractivity contribution in [3.05, 3.63) is 54.6 Å². The van der Waals surface area contributed by atoms with Gasteiger partial charge in [-0.2, -0.15) is 0 Å². The first-order valence-electron chi connectivity index (χ1n) is 4.66. The van der Waals surface area contributed by atoms with Gasteiger partial charge in [-0.05, 0) is 24.3 Å². The SMILES string of the molecule is c1ccc(-n2[nH]c3ccccc32)cc1. The van der Waals surface area contributed by atoms with E-state index in [2.05, 4.69) is 40.1 Å². The summed E-state index contributed by atoms with van der Waals surface area (Å²) in [6.45, 7) is 0. The molecule has 0 aliphatic carbocycles. The van der Waals surface area contributed by atoms with E-state index in [-0.39, 0.29) is 0 Å². The van der Waals surface area contributed by atoms with Crippen LogP contribution in [0.1, 0.15) is 0 Å². The highest BCUT2D eigenvalue weighted by Crippen LogP contribution is 2.18. The van der Waals surface area contributed by atoms with Crippen LogP contribution in [0.2, 0.25) is 0 Å². The molecule has 0 amide bonds. The summed E-state index contributed by atoms with van der Waals surface area (Å²) >= 11 is 0. The minimum Gasteiger partial charge on any atom is -0.292 e. The lowest BCUT2D eigenvalue weighted by atomic mass is 10.2. The van der Waals surface area contributed by atoms with E-state index in [9.17, 15) is 0 Å². The number of aromatic nitrogens is 2. The molecule has 1 heterocycles. The van der Waals surface area contributed by atoms with Crippen molar-refractivity contribution in [2.45, 2.75) is 0 Å². The van der Waals surface area contributed by atoms with Gasteiger partial charge in [0.2, 0.25) is 0 Å². The molecule has 0 bridgehead atoms. The van der Waals surface area contributed by atoms with Crippen LogP contribution in [0.3, 0.4) is 0 Å². The number of hydrogen-bond acceptors (Lipinski definition) is 0. The van der Waals surface area contributed by atoms with E-state index in [1.54, 1.807) is 0 Å². The van der Waals surface area contributed by atoms with E-state index in [4.69, 9.17) is 0 Å². The molecule has 3 rings (SSSR count). The van der Waals surface area contributed by atoms with Crippen LogP contribution in [-0.2, 0) is 0 Å². The van der Waals surface area contributed by atoms with E-state index in [0.29, 0.717) is 0 Å². The lowest BCUT2D eigenvalue weighted by Gasteiger charge is -2.15. The Hall–Kier alpha value is -1.96. The first-order valence-corrected chi connectivity index (χ1v) is 4.66. The highest BCUT2D eigenvalue weighted by Gasteiger charge is 2.04. The van der Waals surface area contributed by atoms with Crippen molar-refractivity contribution in [3.63, 3.8) is 0 Å². The van der Waals surface area contributed by atoms with Gasteiger partial charge in [-0.3, -0.25) is 9.78 Å². The molecule has 0 atom stereocenters. The van der Waals surface area contributed by atoms with Gasteiger partial charge in [0.25, 0.3) is 0 Å². The van der Waals surface area contributed by atoms with Crippen LogP contribution in [-0.4, -0.2) is 9.78 Å². The van der Waals surface area contributed by atoms with Gasteiger partial charge in [-0.25, -0.2) is 0 Å². The van der Waals surface area contributed by atoms with Gasteiger partial charge in [0.05, 0.1) is 16.7 Å². The number of benzene rings is 2. The molecule has 68 valence electrons. The standard InChI is InChI=1S/C12H10N2/c1-2-6-10(7-3-1)14-12-9-5-4-8-11(12)13-14/h1-9,13H. The van der Waals surface area contributed by atoms with Crippen LogP contribution in [0.25, 0.3) is 16.7 Å². The maximum atomic E-state index is 3.27. The maximum absolute atomic E-state index is 3.27. The molecule has 2 heteroatoms. The largest absolute Gasteiger partial charge is 0.292 e. The quantitative estimate of drug-likeness (QED) is 0.597. The Kier molecular flexibility index (Phi) is 1.47. The molecule has 0 saturated carbocycles. The number of nitrogens with one attached hydrogen (secondary N) is 1. The minimum absolute atomic E-state index is 1.17. The highest BCUT2D eigenvalue weighted by atomic mass is 15.3. The number of para-hydroxylation sites is 3. The summed E-state index contributed by atoms with van der Waals surface area (Å²) in [6.07, 6.45) is 0. The summed E-state index contributed by atoms with van der Waals surface area (Å²) in [5, 5.41) is 3.27. The fraction of sp³-hybridized carbons (Fsp3) is 0. The van der Waals surface area contributed by atoms with Crippen LogP contribution in [0.15, 0.2) is 54.6 Å². The molecular formula is C12H10N2. The monoisotopic (exact) mass is 182 g/mol. The molecule has 0 aliphatic heterocycles. The zero-order valence-electron chi connectivity index (χ0n) is 7.64. The van der Waals surface area contributed by atoms with Crippen molar-refractivity contribution in [2.24, 2.45) is 0 Å². The molecule has 0 aliphatic rings. The van der Waals surface area contributed by atoms with Crippen molar-refractivity contribution >= 4 is 11.0 Å². The molecule has 1 N–H and O–H groups in total. The van der Waals surface area contributed by atoms with Gasteiger partial charge >= 0.3 is 0 Å². The Morgan fingerprint density at radius 2 is 1.50 bits per heavy atom. The van der Waals surface area contributed by atoms with Gasteiger partial charge in [0, 0.05) is 0 Å². The van der Waals surface area contributed by atoms with E-state index >= 15 is 0 Å². The van der Waals surface area contributed by atoms with E-state index in [1.807, 2.05) is 24.3 Å². The molecule has 0 fully saturated rings. The van der Waals surface area contributed by atoms with Crippen molar-refractivity contribution in [3.8, 4) is 5.69 Å². The number of aromatic amines is 1. The minimum atomic E-state index is 1.17. The van der Waals surface area contributed by atoms with Crippen LogP contribution < -0.4 is 0 Å². The zero-order chi connectivity index (χ0) is 9.38. The molecule has 2 aromatic carbocycles. The Bertz CT molecular complexity index is 546. The summed E-state index contributed by atoms with van der Waals surface area (Å²) in [7, 11) is 0. The van der Waals surface area contributed by atoms with Crippen molar-refractivity contribution in [1.82, 2.24) is 9.78 Å². The van der Waals surface area contributed by atoms with Gasteiger partial charge in [-0.1, -0.05) is 30.3 Å². The van der Waals surface area contributed by atoms with Gasteiger partial charge in [0.15, 0.2) is 0 Å². The van der Waals surface area contributed by atoms with E-state index < -0.39 is 0 Å². The molecule has 2 nitrogen and oxygen atoms in total. The Morgan fingerprint density at radius 1 is 0.786 bits per heavy atom. The summed E-state index contributed by atoms with van der Waals surface area (Å²) in [4.78, 5) is 0. The third-order valence-corrected chi connectivity index (χ3v) is 2.39. The van der Waals surface area contributed by atoms with Crippen LogP contribution in [0.4, 0.5) is 0 Å². The third-order valence-electron chi connectivity index (χ3n) is 2.39. The summed E-state index contributed by atoms with van der Waals surface area (Å²) in [6, 6.07) is 18.5. The van der Waals surface area contributed by atoms with Crippen LogP contribution in [0, 0.1) is 0 Å². The smallest absolute Gasteiger partial charge is 0.0880 e. The van der Waals surface area contributed by atoms with Crippen LogP contribution >= 0.6 is 0 Å². The third kappa shape index (κ3) is 0.973. The number of fused-ring (bicyclic) bond motifs is 1. The fourth-order valence-electron chi connectivity index (χ4n) is 1.67. The average molecular weight is 182 g/mol. The lowest BCUT2D eigenvalue weighted by molar-refractivity contribution is 0.870. The van der Waals surface area contributed by atoms with Crippen molar-refractivity contribution < 1.29 is 0 Å².